The number of hydrogen-bond donors (Lipinski definition) is 0. The number of rotatable bonds is 9. The van der Waals surface area contributed by atoms with Gasteiger partial charge in [-0.1, -0.05) is 36.7 Å². The van der Waals surface area contributed by atoms with Crippen molar-refractivity contribution < 1.29 is 22.0 Å². The molecular formula is C29H32F5N5S. The van der Waals surface area contributed by atoms with Crippen molar-refractivity contribution >= 4 is 33.5 Å². The van der Waals surface area contributed by atoms with Gasteiger partial charge in [-0.05, 0) is 23.8 Å². The summed E-state index contributed by atoms with van der Waals surface area (Å²) in [5.74, 6) is 3.72. The molecule has 0 aromatic heterocycles. The zero-order valence-electron chi connectivity index (χ0n) is 22.1. The number of benzene rings is 2. The Morgan fingerprint density at radius 2 is 1.77 bits per heavy atom. The first-order valence-electron chi connectivity index (χ1n) is 13.2. The summed E-state index contributed by atoms with van der Waals surface area (Å²) in [6, 6.07) is 12.3. The van der Waals surface area contributed by atoms with E-state index in [2.05, 4.69) is 27.6 Å². The van der Waals surface area contributed by atoms with Crippen molar-refractivity contribution in [2.75, 3.05) is 42.6 Å². The molecule has 0 bridgehead atoms. The third kappa shape index (κ3) is 6.63. The molecule has 0 N–H and O–H groups in total. The highest BCUT2D eigenvalue weighted by Gasteiger charge is 2.37. The van der Waals surface area contributed by atoms with Crippen molar-refractivity contribution in [2.24, 2.45) is 10.2 Å². The van der Waals surface area contributed by atoms with E-state index in [0.717, 1.165) is 41.7 Å². The van der Waals surface area contributed by atoms with Crippen LogP contribution in [0.2, 0.25) is 0 Å². The van der Waals surface area contributed by atoms with E-state index in [4.69, 9.17) is 0 Å². The molecule has 3 aliphatic rings. The lowest BCUT2D eigenvalue weighted by molar-refractivity contribution is 0.0115. The molecule has 2 aromatic rings. The summed E-state index contributed by atoms with van der Waals surface area (Å²) in [5.41, 5.74) is 2.54. The SMILES string of the molecule is C=C(N1CCS(=C)CC1)N(Cc1ccc(C2=NN=C(C(F)F)C2)cc1F)c1ccc(CN2CCC(F)(F)C2)cc1. The van der Waals surface area contributed by atoms with E-state index in [-0.39, 0.29) is 42.1 Å². The van der Waals surface area contributed by atoms with Crippen LogP contribution in [0.25, 0.3) is 0 Å². The van der Waals surface area contributed by atoms with Gasteiger partial charge in [-0.2, -0.15) is 20.7 Å². The number of alkyl halides is 4. The highest BCUT2D eigenvalue weighted by molar-refractivity contribution is 8.14. The highest BCUT2D eigenvalue weighted by atomic mass is 32.2. The average Bonchev–Trinajstić information content (AvgIpc) is 3.55. The first-order chi connectivity index (χ1) is 19.1. The van der Waals surface area contributed by atoms with Crippen LogP contribution in [-0.4, -0.2) is 77.1 Å². The van der Waals surface area contributed by atoms with Crippen LogP contribution in [0, 0.1) is 5.82 Å². The third-order valence-corrected chi connectivity index (χ3v) is 9.01. The molecule has 0 atom stereocenters. The van der Waals surface area contributed by atoms with E-state index >= 15 is 4.39 Å². The fraction of sp³-hybridized carbons (Fsp3) is 0.414. The molecule has 0 radical (unpaired) electrons. The summed E-state index contributed by atoms with van der Waals surface area (Å²) in [5, 5.41) is 7.34. The maximum absolute atomic E-state index is 15.4. The van der Waals surface area contributed by atoms with Crippen molar-refractivity contribution in [3.8, 4) is 0 Å². The number of likely N-dealkylation sites (tertiary alicyclic amines) is 1. The first-order valence-corrected chi connectivity index (χ1v) is 14.9. The molecular weight excluding hydrogens is 545 g/mol. The largest absolute Gasteiger partial charge is 0.357 e. The predicted molar refractivity (Wildman–Crippen MR) is 154 cm³/mol. The van der Waals surface area contributed by atoms with Crippen molar-refractivity contribution in [3.05, 3.63) is 77.4 Å². The molecule has 214 valence electrons. The molecule has 2 fully saturated rings. The molecule has 5 nitrogen and oxygen atoms in total. The second-order valence-corrected chi connectivity index (χ2v) is 12.5. The van der Waals surface area contributed by atoms with Gasteiger partial charge in [0.1, 0.15) is 17.3 Å². The minimum absolute atomic E-state index is 0.107. The van der Waals surface area contributed by atoms with Gasteiger partial charge in [0.25, 0.3) is 12.3 Å². The highest BCUT2D eigenvalue weighted by Crippen LogP contribution is 2.30. The average molecular weight is 578 g/mol. The van der Waals surface area contributed by atoms with Crippen LogP contribution in [0.1, 0.15) is 29.5 Å². The summed E-state index contributed by atoms with van der Waals surface area (Å²) in [6.07, 6.45) is -2.92. The molecule has 3 heterocycles. The van der Waals surface area contributed by atoms with Crippen molar-refractivity contribution in [1.82, 2.24) is 9.80 Å². The third-order valence-electron chi connectivity index (χ3n) is 7.49. The van der Waals surface area contributed by atoms with Crippen LogP contribution in [0.4, 0.5) is 27.6 Å². The van der Waals surface area contributed by atoms with Gasteiger partial charge in [0.2, 0.25) is 0 Å². The quantitative estimate of drug-likeness (QED) is 0.272. The summed E-state index contributed by atoms with van der Waals surface area (Å²) in [6.45, 7) is 6.71. The Morgan fingerprint density at radius 1 is 1.05 bits per heavy atom. The van der Waals surface area contributed by atoms with E-state index in [9.17, 15) is 17.6 Å². The Balaban J connectivity index is 1.34. The van der Waals surface area contributed by atoms with E-state index in [0.29, 0.717) is 29.9 Å². The van der Waals surface area contributed by atoms with Gasteiger partial charge in [-0.25, -0.2) is 22.0 Å². The van der Waals surface area contributed by atoms with Crippen molar-refractivity contribution in [1.29, 1.82) is 0 Å². The smallest absolute Gasteiger partial charge is 0.278 e. The second kappa shape index (κ2) is 11.8. The number of hydrogen-bond acceptors (Lipinski definition) is 5. The van der Waals surface area contributed by atoms with Gasteiger partial charge in [-0.3, -0.25) is 4.90 Å². The molecule has 0 saturated carbocycles. The molecule has 0 amide bonds. The molecule has 5 rings (SSSR count). The fourth-order valence-electron chi connectivity index (χ4n) is 5.11. The molecule has 0 aliphatic carbocycles. The predicted octanol–water partition coefficient (Wildman–Crippen LogP) is 5.97. The van der Waals surface area contributed by atoms with Gasteiger partial charge in [0, 0.05) is 67.3 Å². The Kier molecular flexibility index (Phi) is 8.42. The van der Waals surface area contributed by atoms with E-state index in [1.54, 1.807) is 17.0 Å². The molecule has 2 saturated heterocycles. The summed E-state index contributed by atoms with van der Waals surface area (Å²) < 4.78 is 68.5. The lowest BCUT2D eigenvalue weighted by atomic mass is 10.0. The summed E-state index contributed by atoms with van der Waals surface area (Å²) in [4.78, 5) is 5.87. The normalized spacial score (nSPS) is 19.7. The van der Waals surface area contributed by atoms with Gasteiger partial charge < -0.3 is 9.80 Å². The Bertz CT molecular complexity index is 1330. The van der Waals surface area contributed by atoms with Gasteiger partial charge in [-0.15, -0.1) is 0 Å². The Labute approximate surface area is 233 Å². The number of anilines is 1. The second-order valence-electron chi connectivity index (χ2n) is 10.4. The molecule has 3 aliphatic heterocycles. The van der Waals surface area contributed by atoms with Crippen molar-refractivity contribution in [3.63, 3.8) is 0 Å². The molecule has 2 aromatic carbocycles. The minimum Gasteiger partial charge on any atom is -0.357 e. The lowest BCUT2D eigenvalue weighted by Crippen LogP contribution is -2.40. The van der Waals surface area contributed by atoms with Crippen LogP contribution in [0.15, 0.2) is 65.1 Å². The number of nitrogens with zero attached hydrogens (tertiary/aromatic N) is 5. The molecule has 40 heavy (non-hydrogen) atoms. The van der Waals surface area contributed by atoms with Crippen molar-refractivity contribution in [2.45, 2.75) is 38.3 Å². The van der Waals surface area contributed by atoms with E-state index in [1.807, 2.05) is 29.2 Å². The van der Waals surface area contributed by atoms with Gasteiger partial charge in [0.05, 0.1) is 18.8 Å². The summed E-state index contributed by atoms with van der Waals surface area (Å²) in [7, 11) is 0.115. The summed E-state index contributed by atoms with van der Waals surface area (Å²) >= 11 is 0. The fourth-order valence-corrected chi connectivity index (χ4v) is 6.27. The minimum atomic E-state index is -2.69. The zero-order valence-corrected chi connectivity index (χ0v) is 23.0. The maximum Gasteiger partial charge on any atom is 0.278 e. The van der Waals surface area contributed by atoms with Gasteiger partial charge in [0.15, 0.2) is 0 Å². The van der Waals surface area contributed by atoms with Gasteiger partial charge >= 0.3 is 0 Å². The maximum atomic E-state index is 15.4. The van der Waals surface area contributed by atoms with E-state index < -0.39 is 18.2 Å². The molecule has 0 unspecified atom stereocenters. The first kappa shape index (κ1) is 28.5. The van der Waals surface area contributed by atoms with Crippen LogP contribution < -0.4 is 4.90 Å². The van der Waals surface area contributed by atoms with Crippen LogP contribution in [-0.2, 0) is 13.1 Å². The van der Waals surface area contributed by atoms with Crippen LogP contribution in [0.5, 0.6) is 0 Å². The monoisotopic (exact) mass is 577 g/mol. The zero-order chi connectivity index (χ0) is 28.4. The topological polar surface area (TPSA) is 34.4 Å². The number of halogens is 5. The molecule has 0 spiro atoms. The Hall–Kier alpha value is -3.05. The van der Waals surface area contributed by atoms with E-state index in [1.165, 1.54) is 6.07 Å². The lowest BCUT2D eigenvalue weighted by Gasteiger charge is -2.38. The van der Waals surface area contributed by atoms with Crippen LogP contribution >= 0.6 is 10.5 Å². The Morgan fingerprint density at radius 3 is 2.38 bits per heavy atom. The molecule has 11 heteroatoms. The van der Waals surface area contributed by atoms with Crippen LogP contribution in [0.3, 0.4) is 0 Å². The standard InChI is InChI=1S/C29H32F5N5S/c1-20(38-11-13-40(2)14-12-38)39(24-7-3-21(4-8-24)17-37-10-9-29(33,34)19-37)18-23-6-5-22(15-25(23)30)26-16-27(28(31)32)36-35-26/h3-8,15,28H,1-2,9-14,16-19H2.